The summed E-state index contributed by atoms with van der Waals surface area (Å²) in [4.78, 5) is 0. The molecule has 0 aromatic rings. The van der Waals surface area contributed by atoms with Gasteiger partial charge < -0.3 is 0 Å². The van der Waals surface area contributed by atoms with Crippen LogP contribution in [0, 0.1) is 0 Å². The molecule has 0 radical (unpaired) electrons. The summed E-state index contributed by atoms with van der Waals surface area (Å²) in [5.74, 6) is 0. The van der Waals surface area contributed by atoms with Crippen LogP contribution >= 0.6 is 63.7 Å². The van der Waals surface area contributed by atoms with E-state index in [4.69, 9.17) is 0 Å². The fraction of sp³-hybridized carbons (Fsp3) is 1.00. The van der Waals surface area contributed by atoms with Gasteiger partial charge in [0.25, 0.3) is 0 Å². The molecule has 0 saturated carbocycles. The van der Waals surface area contributed by atoms with E-state index < -0.39 is 0 Å². The van der Waals surface area contributed by atoms with E-state index in [2.05, 4.69) is 63.7 Å². The van der Waals surface area contributed by atoms with Gasteiger partial charge in [-0.3, -0.25) is 0 Å². The van der Waals surface area contributed by atoms with Crippen LogP contribution in [0.2, 0.25) is 0 Å². The lowest BCUT2D eigenvalue weighted by atomic mass is 10.4. The Morgan fingerprint density at radius 3 is 1.75 bits per heavy atom. The van der Waals surface area contributed by atoms with Crippen LogP contribution in [0.25, 0.3) is 0 Å². The van der Waals surface area contributed by atoms with Crippen LogP contribution in [0.3, 0.4) is 0 Å². The zero-order chi connectivity index (χ0) is 6.62. The quantitative estimate of drug-likeness (QED) is 0.642. The number of rotatable bonds is 2. The van der Waals surface area contributed by atoms with Crippen LogP contribution in [0.4, 0.5) is 0 Å². The lowest BCUT2D eigenvalue weighted by Gasteiger charge is -2.08. The first-order valence-electron chi connectivity index (χ1n) is 2.19. The number of hydrogen-bond donors (Lipinski definition) is 0. The Morgan fingerprint density at radius 1 is 1.12 bits per heavy atom. The third-order valence-electron chi connectivity index (χ3n) is 0.594. The first kappa shape index (κ1) is 9.92. The van der Waals surface area contributed by atoms with Crippen molar-refractivity contribution in [3.8, 4) is 0 Å². The van der Waals surface area contributed by atoms with Crippen molar-refractivity contribution in [2.75, 3.05) is 5.33 Å². The molecule has 0 saturated heterocycles. The molecule has 4 heteroatoms. The Labute approximate surface area is 83.3 Å². The minimum Gasteiger partial charge on any atom is -0.0928 e. The Bertz CT molecular complexity index is 55.5. The molecular formula is C4H6Br4. The minimum absolute atomic E-state index is 0.0409. The zero-order valence-corrected chi connectivity index (χ0v) is 10.5. The summed E-state index contributed by atoms with van der Waals surface area (Å²) in [5.41, 5.74) is 0. The standard InChI is InChI=1S/C4H6Br4/c5-3-1-2-4(6,7)8/h1-3H2. The van der Waals surface area contributed by atoms with Crippen molar-refractivity contribution in [1.29, 1.82) is 0 Å². The van der Waals surface area contributed by atoms with Crippen molar-refractivity contribution < 1.29 is 0 Å². The van der Waals surface area contributed by atoms with Gasteiger partial charge in [-0.25, -0.2) is 0 Å². The highest BCUT2D eigenvalue weighted by molar-refractivity contribution is 9.39. The van der Waals surface area contributed by atoms with Crippen LogP contribution in [0.5, 0.6) is 0 Å². The summed E-state index contributed by atoms with van der Waals surface area (Å²) >= 11 is 13.5. The second-order valence-electron chi connectivity index (χ2n) is 1.41. The average Bonchev–Trinajstić information content (AvgIpc) is 1.59. The van der Waals surface area contributed by atoms with Gasteiger partial charge in [0.15, 0.2) is 0 Å². The summed E-state index contributed by atoms with van der Waals surface area (Å²) in [5, 5.41) is 1.05. The van der Waals surface area contributed by atoms with Crippen LogP contribution < -0.4 is 0 Å². The van der Waals surface area contributed by atoms with Crippen LogP contribution in [0.15, 0.2) is 0 Å². The molecule has 50 valence electrons. The highest BCUT2D eigenvalue weighted by Crippen LogP contribution is 2.37. The molecule has 0 aliphatic heterocycles. The van der Waals surface area contributed by atoms with Crippen molar-refractivity contribution in [1.82, 2.24) is 0 Å². The summed E-state index contributed by atoms with van der Waals surface area (Å²) in [6, 6.07) is 0. The van der Waals surface area contributed by atoms with Crippen molar-refractivity contribution in [2.45, 2.75) is 15.0 Å². The molecule has 0 nitrogen and oxygen atoms in total. The summed E-state index contributed by atoms with van der Waals surface area (Å²) < 4.78 is -0.0409. The van der Waals surface area contributed by atoms with Gasteiger partial charge >= 0.3 is 0 Å². The Balaban J connectivity index is 3.11. The van der Waals surface area contributed by atoms with Crippen LogP contribution in [0.1, 0.15) is 12.8 Å². The smallest absolute Gasteiger partial charge is 0.0928 e. The predicted octanol–water partition coefficient (Wildman–Crippen LogP) is 4.00. The van der Waals surface area contributed by atoms with Gasteiger partial charge in [0.05, 0.1) is 0 Å². The molecule has 0 aromatic carbocycles. The minimum atomic E-state index is -0.0409. The molecule has 0 atom stereocenters. The topological polar surface area (TPSA) is 0 Å². The fourth-order valence-electron chi connectivity index (χ4n) is 0.267. The van der Waals surface area contributed by atoms with E-state index in [1.807, 2.05) is 0 Å². The van der Waals surface area contributed by atoms with Gasteiger partial charge in [0, 0.05) is 5.33 Å². The summed E-state index contributed by atoms with van der Waals surface area (Å²) in [7, 11) is 0. The van der Waals surface area contributed by atoms with Crippen LogP contribution in [-0.4, -0.2) is 7.47 Å². The number of hydrogen-bond acceptors (Lipinski definition) is 0. The van der Waals surface area contributed by atoms with Gasteiger partial charge in [-0.1, -0.05) is 63.7 Å². The van der Waals surface area contributed by atoms with E-state index in [0.29, 0.717) is 0 Å². The second kappa shape index (κ2) is 4.69. The molecular weight excluding hydrogens is 368 g/mol. The van der Waals surface area contributed by atoms with Crippen molar-refractivity contribution in [3.05, 3.63) is 0 Å². The Hall–Kier alpha value is 1.92. The largest absolute Gasteiger partial charge is 0.135 e. The van der Waals surface area contributed by atoms with E-state index in [1.165, 1.54) is 0 Å². The third kappa shape index (κ3) is 7.92. The molecule has 0 amide bonds. The third-order valence-corrected chi connectivity index (χ3v) is 2.34. The van der Waals surface area contributed by atoms with E-state index >= 15 is 0 Å². The normalized spacial score (nSPS) is 12.0. The molecule has 0 aliphatic carbocycles. The van der Waals surface area contributed by atoms with Crippen LogP contribution in [-0.2, 0) is 0 Å². The highest BCUT2D eigenvalue weighted by atomic mass is 80.0. The summed E-state index contributed by atoms with van der Waals surface area (Å²) in [6.07, 6.45) is 2.22. The van der Waals surface area contributed by atoms with Gasteiger partial charge in [-0.2, -0.15) is 0 Å². The molecule has 8 heavy (non-hydrogen) atoms. The van der Waals surface area contributed by atoms with Gasteiger partial charge in [0.2, 0.25) is 0 Å². The number of halogens is 4. The molecule has 0 unspecified atom stereocenters. The van der Waals surface area contributed by atoms with Crippen molar-refractivity contribution >= 4 is 63.7 Å². The van der Waals surface area contributed by atoms with Crippen molar-refractivity contribution in [3.63, 3.8) is 0 Å². The van der Waals surface area contributed by atoms with Gasteiger partial charge in [0.1, 0.15) is 2.14 Å². The van der Waals surface area contributed by atoms with Gasteiger partial charge in [-0.15, -0.1) is 0 Å². The molecule has 0 spiro atoms. The predicted molar refractivity (Wildman–Crippen MR) is 52.5 cm³/mol. The first-order chi connectivity index (χ1) is 3.56. The van der Waals surface area contributed by atoms with E-state index in [0.717, 1.165) is 18.2 Å². The maximum atomic E-state index is 3.39. The Kier molecular flexibility index (Phi) is 5.82. The fourth-order valence-corrected chi connectivity index (χ4v) is 1.39. The molecule has 0 heterocycles. The number of alkyl halides is 4. The molecule has 0 aromatic heterocycles. The molecule has 0 aliphatic rings. The van der Waals surface area contributed by atoms with Gasteiger partial charge in [-0.05, 0) is 12.8 Å². The highest BCUT2D eigenvalue weighted by Gasteiger charge is 2.15. The zero-order valence-electron chi connectivity index (χ0n) is 4.13. The average molecular weight is 374 g/mol. The molecule has 0 fully saturated rings. The lowest BCUT2D eigenvalue weighted by molar-refractivity contribution is 0.879. The van der Waals surface area contributed by atoms with E-state index in [9.17, 15) is 0 Å². The second-order valence-corrected chi connectivity index (χ2v) is 9.45. The van der Waals surface area contributed by atoms with E-state index in [1.54, 1.807) is 0 Å². The Morgan fingerprint density at radius 2 is 1.62 bits per heavy atom. The maximum Gasteiger partial charge on any atom is 0.135 e. The summed E-state index contributed by atoms with van der Waals surface area (Å²) in [6.45, 7) is 0. The molecule has 0 N–H and O–H groups in total. The monoisotopic (exact) mass is 370 g/mol. The van der Waals surface area contributed by atoms with E-state index in [-0.39, 0.29) is 2.14 Å². The lowest BCUT2D eigenvalue weighted by Crippen LogP contribution is -1.97. The molecule has 0 rings (SSSR count). The molecule has 0 bridgehead atoms. The maximum absolute atomic E-state index is 3.39. The SMILES string of the molecule is BrCCCC(Br)(Br)Br. The van der Waals surface area contributed by atoms with Crippen molar-refractivity contribution in [2.24, 2.45) is 0 Å². The first-order valence-corrected chi connectivity index (χ1v) is 5.69.